The van der Waals surface area contributed by atoms with E-state index in [1.165, 1.54) is 32.2 Å². The molecular formula is C14H15FN2O4. The molecule has 0 fully saturated rings. The number of halogens is 1. The number of likely N-dealkylation sites (N-methyl/N-ethyl adjacent to an activating group) is 1. The fraction of sp³-hybridized carbons (Fsp3) is 0.214. The lowest BCUT2D eigenvalue weighted by atomic mass is 10.1. The quantitative estimate of drug-likeness (QED) is 0.700. The standard InChI is InChI=1S/C14H15FN2O4/c1-8(13(20)16-2)17-14(21)10-5-3-9(7-11(10)15)4-6-12(18)19/h3-8H,1-2H3,(H,16,20)(H,17,21)(H,18,19). The van der Waals surface area contributed by atoms with E-state index in [1.54, 1.807) is 0 Å². The summed E-state index contributed by atoms with van der Waals surface area (Å²) in [5.74, 6) is -3.08. The monoisotopic (exact) mass is 294 g/mol. The number of aliphatic carboxylic acids is 1. The lowest BCUT2D eigenvalue weighted by Crippen LogP contribution is -2.43. The molecule has 6 nitrogen and oxygen atoms in total. The van der Waals surface area contributed by atoms with Crippen LogP contribution in [0.5, 0.6) is 0 Å². The third-order valence-corrected chi connectivity index (χ3v) is 2.64. The van der Waals surface area contributed by atoms with Crippen molar-refractivity contribution in [2.24, 2.45) is 0 Å². The van der Waals surface area contributed by atoms with Gasteiger partial charge in [-0.2, -0.15) is 0 Å². The van der Waals surface area contributed by atoms with Gasteiger partial charge in [-0.3, -0.25) is 9.59 Å². The number of rotatable bonds is 5. The van der Waals surface area contributed by atoms with Crippen LogP contribution in [0, 0.1) is 5.82 Å². The predicted octanol–water partition coefficient (Wildman–Crippen LogP) is 0.788. The molecule has 2 amide bonds. The van der Waals surface area contributed by atoms with Crippen LogP contribution in [-0.2, 0) is 9.59 Å². The molecule has 0 aliphatic rings. The lowest BCUT2D eigenvalue weighted by molar-refractivity contribution is -0.131. The summed E-state index contributed by atoms with van der Waals surface area (Å²) >= 11 is 0. The van der Waals surface area contributed by atoms with Gasteiger partial charge in [0.05, 0.1) is 5.56 Å². The fourth-order valence-corrected chi connectivity index (χ4v) is 1.54. The number of carboxylic acids is 1. The topological polar surface area (TPSA) is 95.5 Å². The van der Waals surface area contributed by atoms with Crippen molar-refractivity contribution in [1.29, 1.82) is 0 Å². The number of carboxylic acid groups (broad SMARTS) is 1. The zero-order valence-corrected chi connectivity index (χ0v) is 11.5. The van der Waals surface area contributed by atoms with Crippen molar-refractivity contribution in [3.8, 4) is 0 Å². The summed E-state index contributed by atoms with van der Waals surface area (Å²) < 4.78 is 13.8. The highest BCUT2D eigenvalue weighted by Gasteiger charge is 2.17. The third-order valence-electron chi connectivity index (χ3n) is 2.64. The number of amides is 2. The van der Waals surface area contributed by atoms with Crippen LogP contribution >= 0.6 is 0 Å². The van der Waals surface area contributed by atoms with E-state index in [9.17, 15) is 18.8 Å². The van der Waals surface area contributed by atoms with E-state index in [0.29, 0.717) is 5.56 Å². The van der Waals surface area contributed by atoms with Crippen molar-refractivity contribution in [2.45, 2.75) is 13.0 Å². The van der Waals surface area contributed by atoms with E-state index in [4.69, 9.17) is 5.11 Å². The molecule has 0 heterocycles. The van der Waals surface area contributed by atoms with Gasteiger partial charge in [-0.05, 0) is 30.7 Å². The summed E-state index contributed by atoms with van der Waals surface area (Å²) in [6.07, 6.45) is 2.07. The van der Waals surface area contributed by atoms with E-state index in [-0.39, 0.29) is 5.56 Å². The Hall–Kier alpha value is -2.70. The second-order valence-electron chi connectivity index (χ2n) is 4.22. The van der Waals surface area contributed by atoms with Gasteiger partial charge >= 0.3 is 5.97 Å². The maximum Gasteiger partial charge on any atom is 0.328 e. The molecule has 0 aromatic heterocycles. The maximum atomic E-state index is 13.8. The van der Waals surface area contributed by atoms with Crippen LogP contribution in [0.25, 0.3) is 6.08 Å². The van der Waals surface area contributed by atoms with Crippen LogP contribution in [0.4, 0.5) is 4.39 Å². The first-order chi connectivity index (χ1) is 9.85. The minimum atomic E-state index is -1.16. The van der Waals surface area contributed by atoms with Gasteiger partial charge in [-0.15, -0.1) is 0 Å². The van der Waals surface area contributed by atoms with Crippen LogP contribution in [0.2, 0.25) is 0 Å². The van der Waals surface area contributed by atoms with E-state index in [0.717, 1.165) is 12.1 Å². The van der Waals surface area contributed by atoms with Crippen molar-refractivity contribution < 1.29 is 23.9 Å². The Kier molecular flexibility index (Phi) is 5.59. The molecule has 0 aliphatic carbocycles. The third kappa shape index (κ3) is 4.72. The molecule has 1 aromatic rings. The zero-order chi connectivity index (χ0) is 16.0. The summed E-state index contributed by atoms with van der Waals surface area (Å²) in [7, 11) is 1.43. The summed E-state index contributed by atoms with van der Waals surface area (Å²) in [6, 6.07) is 2.87. The van der Waals surface area contributed by atoms with Crippen molar-refractivity contribution >= 4 is 23.9 Å². The summed E-state index contributed by atoms with van der Waals surface area (Å²) in [5.41, 5.74) is 0.0871. The van der Waals surface area contributed by atoms with Gasteiger partial charge in [0.25, 0.3) is 5.91 Å². The van der Waals surface area contributed by atoms with Gasteiger partial charge < -0.3 is 15.7 Å². The van der Waals surface area contributed by atoms with Crippen LogP contribution < -0.4 is 10.6 Å². The van der Waals surface area contributed by atoms with Crippen LogP contribution in [0.15, 0.2) is 24.3 Å². The van der Waals surface area contributed by atoms with E-state index >= 15 is 0 Å². The fourth-order valence-electron chi connectivity index (χ4n) is 1.54. The molecule has 0 saturated carbocycles. The molecule has 1 unspecified atom stereocenters. The molecule has 1 atom stereocenters. The number of carbonyl (C=O) groups is 3. The lowest BCUT2D eigenvalue weighted by Gasteiger charge is -2.12. The smallest absolute Gasteiger partial charge is 0.328 e. The maximum absolute atomic E-state index is 13.8. The molecule has 0 saturated heterocycles. The largest absolute Gasteiger partial charge is 0.478 e. The van der Waals surface area contributed by atoms with E-state index < -0.39 is 29.6 Å². The highest BCUT2D eigenvalue weighted by molar-refractivity contribution is 5.97. The van der Waals surface area contributed by atoms with Gasteiger partial charge in [0.1, 0.15) is 11.9 Å². The number of nitrogens with one attached hydrogen (secondary N) is 2. The van der Waals surface area contributed by atoms with Gasteiger partial charge in [-0.1, -0.05) is 6.07 Å². The first-order valence-electron chi connectivity index (χ1n) is 6.08. The Bertz CT molecular complexity index is 599. The van der Waals surface area contributed by atoms with Crippen molar-refractivity contribution in [1.82, 2.24) is 10.6 Å². The molecular weight excluding hydrogens is 279 g/mol. The Morgan fingerprint density at radius 2 is 2.00 bits per heavy atom. The van der Waals surface area contributed by atoms with Gasteiger partial charge in [-0.25, -0.2) is 9.18 Å². The van der Waals surface area contributed by atoms with Crippen LogP contribution in [-0.4, -0.2) is 36.0 Å². The molecule has 1 rings (SSSR count). The first kappa shape index (κ1) is 16.4. The van der Waals surface area contributed by atoms with Gasteiger partial charge in [0, 0.05) is 13.1 Å². The SMILES string of the molecule is CNC(=O)C(C)NC(=O)c1ccc(C=CC(=O)O)cc1F. The molecule has 3 N–H and O–H groups in total. The van der Waals surface area contributed by atoms with Crippen molar-refractivity contribution in [3.63, 3.8) is 0 Å². The Labute approximate surface area is 120 Å². The average Bonchev–Trinajstić information content (AvgIpc) is 2.43. The normalized spacial score (nSPS) is 12.0. The summed E-state index contributed by atoms with van der Waals surface area (Å²) in [5, 5.41) is 13.2. The number of hydrogen-bond donors (Lipinski definition) is 3. The number of carbonyl (C=O) groups excluding carboxylic acids is 2. The molecule has 0 aliphatic heterocycles. The number of benzene rings is 1. The Morgan fingerprint density at radius 1 is 1.33 bits per heavy atom. The molecule has 0 bridgehead atoms. The molecule has 1 aromatic carbocycles. The highest BCUT2D eigenvalue weighted by atomic mass is 19.1. The second-order valence-corrected chi connectivity index (χ2v) is 4.22. The molecule has 0 radical (unpaired) electrons. The summed E-state index contributed by atoms with van der Waals surface area (Å²) in [6.45, 7) is 1.47. The molecule has 112 valence electrons. The molecule has 21 heavy (non-hydrogen) atoms. The van der Waals surface area contributed by atoms with E-state index in [1.807, 2.05) is 0 Å². The zero-order valence-electron chi connectivity index (χ0n) is 11.5. The average molecular weight is 294 g/mol. The van der Waals surface area contributed by atoms with Crippen molar-refractivity contribution in [2.75, 3.05) is 7.05 Å². The molecule has 0 spiro atoms. The summed E-state index contributed by atoms with van der Waals surface area (Å²) in [4.78, 5) is 33.5. The minimum Gasteiger partial charge on any atom is -0.478 e. The Morgan fingerprint density at radius 3 is 2.52 bits per heavy atom. The second kappa shape index (κ2) is 7.18. The van der Waals surface area contributed by atoms with Gasteiger partial charge in [0.2, 0.25) is 5.91 Å². The highest BCUT2D eigenvalue weighted by Crippen LogP contribution is 2.12. The predicted molar refractivity (Wildman–Crippen MR) is 74.1 cm³/mol. The van der Waals surface area contributed by atoms with Gasteiger partial charge in [0.15, 0.2) is 0 Å². The van der Waals surface area contributed by atoms with Crippen LogP contribution in [0.1, 0.15) is 22.8 Å². The molecule has 7 heteroatoms. The van der Waals surface area contributed by atoms with E-state index in [2.05, 4.69) is 10.6 Å². The number of hydrogen-bond acceptors (Lipinski definition) is 3. The van der Waals surface area contributed by atoms with Crippen molar-refractivity contribution in [3.05, 3.63) is 41.2 Å². The minimum absolute atomic E-state index is 0.224. The Balaban J connectivity index is 2.87. The first-order valence-corrected chi connectivity index (χ1v) is 6.08. The van der Waals surface area contributed by atoms with Crippen LogP contribution in [0.3, 0.4) is 0 Å².